The Labute approximate surface area is 151 Å². The van der Waals surface area contributed by atoms with Crippen LogP contribution in [0.1, 0.15) is 5.56 Å². The van der Waals surface area contributed by atoms with Gasteiger partial charge in [0.25, 0.3) is 0 Å². The Kier molecular flexibility index (Phi) is 4.74. The van der Waals surface area contributed by atoms with E-state index in [1.807, 2.05) is 0 Å². The molecule has 0 spiro atoms. The molecule has 9 heteroatoms. The van der Waals surface area contributed by atoms with Crippen molar-refractivity contribution in [2.45, 2.75) is 6.18 Å². The van der Waals surface area contributed by atoms with Crippen LogP contribution in [0.3, 0.4) is 0 Å². The van der Waals surface area contributed by atoms with Gasteiger partial charge in [-0.1, -0.05) is 15.9 Å². The number of ether oxygens (including phenoxy) is 1. The third-order valence-electron chi connectivity index (χ3n) is 3.32. The maximum atomic E-state index is 14.3. The second-order valence-electron chi connectivity index (χ2n) is 5.11. The first-order chi connectivity index (χ1) is 12.2. The van der Waals surface area contributed by atoms with Crippen LogP contribution in [0, 0.1) is 17.5 Å². The summed E-state index contributed by atoms with van der Waals surface area (Å²) in [5, 5.41) is 0. The standard InChI is InChI=1S/C17H7BrF6O2/c18-9-6-10(14-2-1-3-25-14)15(13(21)7-9)26-16-11(19)4-8(5-12(16)20)17(22,23)24/h1-7H. The predicted octanol–water partition coefficient (Wildman–Crippen LogP) is 6.94. The van der Waals surface area contributed by atoms with Crippen molar-refractivity contribution in [1.82, 2.24) is 0 Å². The van der Waals surface area contributed by atoms with Gasteiger partial charge >= 0.3 is 6.18 Å². The molecule has 1 aromatic heterocycles. The molecule has 136 valence electrons. The Bertz CT molecular complexity index is 928. The third-order valence-corrected chi connectivity index (χ3v) is 3.78. The zero-order chi connectivity index (χ0) is 19.1. The molecule has 0 N–H and O–H groups in total. The summed E-state index contributed by atoms with van der Waals surface area (Å²) in [5.74, 6) is -5.86. The SMILES string of the molecule is Fc1cc(C(F)(F)F)cc(F)c1Oc1c(F)cc(Br)cc1-c1ccco1. The fourth-order valence-corrected chi connectivity index (χ4v) is 2.63. The molecule has 0 aliphatic carbocycles. The number of alkyl halides is 3. The highest BCUT2D eigenvalue weighted by Crippen LogP contribution is 2.41. The Balaban J connectivity index is 2.11. The predicted molar refractivity (Wildman–Crippen MR) is 83.2 cm³/mol. The van der Waals surface area contributed by atoms with Gasteiger partial charge in [0.2, 0.25) is 0 Å². The van der Waals surface area contributed by atoms with Crippen LogP contribution in [-0.4, -0.2) is 0 Å². The molecule has 26 heavy (non-hydrogen) atoms. The molecule has 1 heterocycles. The van der Waals surface area contributed by atoms with Crippen molar-refractivity contribution in [3.05, 3.63) is 70.1 Å². The second kappa shape index (κ2) is 6.71. The summed E-state index contributed by atoms with van der Waals surface area (Å²) in [6.45, 7) is 0. The van der Waals surface area contributed by atoms with Crippen LogP contribution in [-0.2, 0) is 6.18 Å². The van der Waals surface area contributed by atoms with E-state index in [-0.39, 0.29) is 23.5 Å². The topological polar surface area (TPSA) is 22.4 Å². The molecular weight excluding hydrogens is 430 g/mol. The molecule has 0 radical (unpaired) electrons. The summed E-state index contributed by atoms with van der Waals surface area (Å²) in [4.78, 5) is 0. The second-order valence-corrected chi connectivity index (χ2v) is 6.03. The highest BCUT2D eigenvalue weighted by Gasteiger charge is 2.33. The van der Waals surface area contributed by atoms with Gasteiger partial charge in [0.05, 0.1) is 17.4 Å². The third kappa shape index (κ3) is 3.57. The molecule has 0 bridgehead atoms. The highest BCUT2D eigenvalue weighted by molar-refractivity contribution is 9.10. The van der Waals surface area contributed by atoms with Crippen molar-refractivity contribution in [2.24, 2.45) is 0 Å². The molecule has 3 rings (SSSR count). The molecule has 0 aliphatic heterocycles. The van der Waals surface area contributed by atoms with Crippen molar-refractivity contribution in [3.63, 3.8) is 0 Å². The summed E-state index contributed by atoms with van der Waals surface area (Å²) in [6, 6.07) is 5.44. The molecule has 3 aromatic rings. The van der Waals surface area contributed by atoms with E-state index in [0.717, 1.165) is 6.07 Å². The number of furan rings is 1. The van der Waals surface area contributed by atoms with Crippen molar-refractivity contribution < 1.29 is 35.5 Å². The van der Waals surface area contributed by atoms with E-state index in [1.54, 1.807) is 0 Å². The first kappa shape index (κ1) is 18.4. The molecule has 0 aliphatic rings. The number of rotatable bonds is 3. The maximum absolute atomic E-state index is 14.3. The first-order valence-corrected chi connectivity index (χ1v) is 7.73. The normalized spacial score (nSPS) is 11.7. The van der Waals surface area contributed by atoms with Crippen molar-refractivity contribution in [2.75, 3.05) is 0 Å². The lowest BCUT2D eigenvalue weighted by Gasteiger charge is -2.14. The summed E-state index contributed by atoms with van der Waals surface area (Å²) in [6.07, 6.45) is -3.65. The van der Waals surface area contributed by atoms with Gasteiger partial charge in [0.15, 0.2) is 29.0 Å². The fourth-order valence-electron chi connectivity index (χ4n) is 2.20. The van der Waals surface area contributed by atoms with E-state index in [2.05, 4.69) is 15.9 Å². The zero-order valence-electron chi connectivity index (χ0n) is 12.5. The van der Waals surface area contributed by atoms with Crippen LogP contribution < -0.4 is 4.74 Å². The van der Waals surface area contributed by atoms with Crippen molar-refractivity contribution in [1.29, 1.82) is 0 Å². The minimum atomic E-state index is -4.94. The van der Waals surface area contributed by atoms with Gasteiger partial charge in [0.1, 0.15) is 5.76 Å². The van der Waals surface area contributed by atoms with E-state index in [0.29, 0.717) is 4.47 Å². The van der Waals surface area contributed by atoms with Crippen LogP contribution in [0.4, 0.5) is 26.3 Å². The fraction of sp³-hybridized carbons (Fsp3) is 0.0588. The number of benzene rings is 2. The van der Waals surface area contributed by atoms with Crippen LogP contribution in [0.2, 0.25) is 0 Å². The van der Waals surface area contributed by atoms with E-state index in [4.69, 9.17) is 9.15 Å². The molecule has 2 aromatic carbocycles. The zero-order valence-corrected chi connectivity index (χ0v) is 14.1. The molecule has 0 unspecified atom stereocenters. The molecule has 0 fully saturated rings. The largest absolute Gasteiger partial charge is 0.464 e. The Morgan fingerprint density at radius 3 is 2.04 bits per heavy atom. The Morgan fingerprint density at radius 2 is 1.50 bits per heavy atom. The first-order valence-electron chi connectivity index (χ1n) is 6.94. The Morgan fingerprint density at radius 1 is 0.885 bits per heavy atom. The Hall–Kier alpha value is -2.42. The van der Waals surface area contributed by atoms with Gasteiger partial charge in [-0.2, -0.15) is 13.2 Å². The van der Waals surface area contributed by atoms with E-state index in [1.165, 1.54) is 24.5 Å². The lowest BCUT2D eigenvalue weighted by atomic mass is 10.1. The summed E-state index contributed by atoms with van der Waals surface area (Å²) >= 11 is 3.07. The minimum absolute atomic E-state index is 0.0144. The number of hydrogen-bond acceptors (Lipinski definition) is 2. The summed E-state index contributed by atoms with van der Waals surface area (Å²) < 4.78 is 90.5. The average molecular weight is 437 g/mol. The smallest absolute Gasteiger partial charge is 0.416 e. The number of halogens is 7. The number of hydrogen-bond donors (Lipinski definition) is 0. The van der Waals surface area contributed by atoms with Crippen molar-refractivity contribution in [3.8, 4) is 22.8 Å². The van der Waals surface area contributed by atoms with Gasteiger partial charge in [0, 0.05) is 4.47 Å². The summed E-state index contributed by atoms with van der Waals surface area (Å²) in [5.41, 5.74) is -1.51. The maximum Gasteiger partial charge on any atom is 0.416 e. The lowest BCUT2D eigenvalue weighted by molar-refractivity contribution is -0.138. The van der Waals surface area contributed by atoms with Crippen molar-refractivity contribution >= 4 is 15.9 Å². The van der Waals surface area contributed by atoms with Gasteiger partial charge in [-0.25, -0.2) is 13.2 Å². The van der Waals surface area contributed by atoms with Gasteiger partial charge in [-0.15, -0.1) is 0 Å². The van der Waals surface area contributed by atoms with E-state index < -0.39 is 40.7 Å². The van der Waals surface area contributed by atoms with Gasteiger partial charge in [-0.05, 0) is 36.4 Å². The van der Waals surface area contributed by atoms with Crippen LogP contribution in [0.25, 0.3) is 11.3 Å². The average Bonchev–Trinajstić information content (AvgIpc) is 3.05. The summed E-state index contributed by atoms with van der Waals surface area (Å²) in [7, 11) is 0. The molecule has 0 amide bonds. The highest BCUT2D eigenvalue weighted by atomic mass is 79.9. The molecule has 0 saturated carbocycles. The van der Waals surface area contributed by atoms with Gasteiger partial charge in [-0.3, -0.25) is 0 Å². The van der Waals surface area contributed by atoms with Crippen LogP contribution in [0.15, 0.2) is 51.6 Å². The van der Waals surface area contributed by atoms with E-state index in [9.17, 15) is 26.3 Å². The van der Waals surface area contributed by atoms with Crippen LogP contribution >= 0.6 is 15.9 Å². The molecule has 2 nitrogen and oxygen atoms in total. The quantitative estimate of drug-likeness (QED) is 0.415. The molecule has 0 atom stereocenters. The van der Waals surface area contributed by atoms with Crippen LogP contribution in [0.5, 0.6) is 11.5 Å². The monoisotopic (exact) mass is 436 g/mol. The molecule has 0 saturated heterocycles. The lowest BCUT2D eigenvalue weighted by Crippen LogP contribution is -2.07. The van der Waals surface area contributed by atoms with Gasteiger partial charge < -0.3 is 9.15 Å². The van der Waals surface area contributed by atoms with E-state index >= 15 is 0 Å². The minimum Gasteiger partial charge on any atom is -0.464 e. The molecular formula is C17H7BrF6O2.